The van der Waals surface area contributed by atoms with Gasteiger partial charge in [-0.05, 0) is 42.1 Å². The SMILES string of the molecule is Clc1nccc(C2CCc3cccnc32)n1. The molecule has 1 atom stereocenters. The third-order valence-corrected chi connectivity index (χ3v) is 3.15. The molecule has 3 rings (SSSR count). The van der Waals surface area contributed by atoms with Crippen molar-refractivity contribution >= 4 is 11.6 Å². The van der Waals surface area contributed by atoms with Crippen LogP contribution in [0.1, 0.15) is 29.3 Å². The van der Waals surface area contributed by atoms with Crippen molar-refractivity contribution in [3.63, 3.8) is 0 Å². The van der Waals surface area contributed by atoms with Gasteiger partial charge in [0.2, 0.25) is 5.28 Å². The molecule has 0 spiro atoms. The summed E-state index contributed by atoms with van der Waals surface area (Å²) in [6.07, 6.45) is 5.65. The van der Waals surface area contributed by atoms with E-state index >= 15 is 0 Å². The maximum Gasteiger partial charge on any atom is 0.222 e. The highest BCUT2D eigenvalue weighted by molar-refractivity contribution is 6.28. The van der Waals surface area contributed by atoms with Crippen molar-refractivity contribution in [3.05, 3.63) is 52.8 Å². The Morgan fingerprint density at radius 1 is 1.19 bits per heavy atom. The first-order valence-electron chi connectivity index (χ1n) is 5.27. The van der Waals surface area contributed by atoms with E-state index in [1.165, 1.54) is 5.56 Å². The fourth-order valence-electron chi connectivity index (χ4n) is 2.24. The molecule has 16 heavy (non-hydrogen) atoms. The smallest absolute Gasteiger partial charge is 0.222 e. The van der Waals surface area contributed by atoms with E-state index in [-0.39, 0.29) is 5.92 Å². The molecule has 3 nitrogen and oxygen atoms in total. The highest BCUT2D eigenvalue weighted by Crippen LogP contribution is 2.35. The van der Waals surface area contributed by atoms with E-state index in [9.17, 15) is 0 Å². The first kappa shape index (κ1) is 9.73. The van der Waals surface area contributed by atoms with Gasteiger partial charge in [-0.1, -0.05) is 6.07 Å². The van der Waals surface area contributed by atoms with Gasteiger partial charge in [0.25, 0.3) is 0 Å². The number of hydrogen-bond acceptors (Lipinski definition) is 3. The zero-order valence-corrected chi connectivity index (χ0v) is 9.35. The van der Waals surface area contributed by atoms with Gasteiger partial charge >= 0.3 is 0 Å². The van der Waals surface area contributed by atoms with Crippen molar-refractivity contribution in [1.29, 1.82) is 0 Å². The maximum absolute atomic E-state index is 5.81. The molecule has 2 aromatic rings. The van der Waals surface area contributed by atoms with Crippen LogP contribution in [0.2, 0.25) is 5.28 Å². The Morgan fingerprint density at radius 3 is 3.00 bits per heavy atom. The van der Waals surface area contributed by atoms with Crippen molar-refractivity contribution in [1.82, 2.24) is 15.0 Å². The van der Waals surface area contributed by atoms with Crippen molar-refractivity contribution in [2.75, 3.05) is 0 Å². The minimum atomic E-state index is 0.275. The van der Waals surface area contributed by atoms with E-state index in [2.05, 4.69) is 21.0 Å². The molecule has 0 aliphatic heterocycles. The van der Waals surface area contributed by atoms with Crippen LogP contribution in [0.25, 0.3) is 0 Å². The monoisotopic (exact) mass is 231 g/mol. The van der Waals surface area contributed by atoms with Gasteiger partial charge in [0, 0.05) is 18.3 Å². The van der Waals surface area contributed by atoms with Gasteiger partial charge in [0.05, 0.1) is 11.4 Å². The highest BCUT2D eigenvalue weighted by Gasteiger charge is 2.26. The molecule has 4 heteroatoms. The van der Waals surface area contributed by atoms with Gasteiger partial charge in [-0.3, -0.25) is 4.98 Å². The lowest BCUT2D eigenvalue weighted by molar-refractivity contribution is 0.742. The molecule has 0 bridgehead atoms. The second-order valence-electron chi connectivity index (χ2n) is 3.89. The summed E-state index contributed by atoms with van der Waals surface area (Å²) in [6.45, 7) is 0. The number of rotatable bonds is 1. The average Bonchev–Trinajstić information content (AvgIpc) is 2.72. The standard InChI is InChI=1S/C12H10ClN3/c13-12-15-7-5-10(16-12)9-4-3-8-2-1-6-14-11(8)9/h1-2,5-7,9H,3-4H2. The summed E-state index contributed by atoms with van der Waals surface area (Å²) in [5, 5.41) is 0.307. The van der Waals surface area contributed by atoms with Crippen molar-refractivity contribution in [2.24, 2.45) is 0 Å². The number of aryl methyl sites for hydroxylation is 1. The molecule has 0 N–H and O–H groups in total. The van der Waals surface area contributed by atoms with Crippen LogP contribution in [0.15, 0.2) is 30.6 Å². The molecule has 0 saturated heterocycles. The summed E-state index contributed by atoms with van der Waals surface area (Å²) < 4.78 is 0. The van der Waals surface area contributed by atoms with Gasteiger partial charge in [-0.15, -0.1) is 0 Å². The lowest BCUT2D eigenvalue weighted by Gasteiger charge is -2.09. The van der Waals surface area contributed by atoms with Crippen LogP contribution in [-0.2, 0) is 6.42 Å². The van der Waals surface area contributed by atoms with Crippen molar-refractivity contribution in [2.45, 2.75) is 18.8 Å². The predicted octanol–water partition coefficient (Wildman–Crippen LogP) is 2.60. The average molecular weight is 232 g/mol. The van der Waals surface area contributed by atoms with Crippen LogP contribution in [0.4, 0.5) is 0 Å². The number of hydrogen-bond donors (Lipinski definition) is 0. The van der Waals surface area contributed by atoms with Crippen LogP contribution >= 0.6 is 11.6 Å². The third-order valence-electron chi connectivity index (χ3n) is 2.96. The Labute approximate surface area is 98.5 Å². The van der Waals surface area contributed by atoms with Crippen LogP contribution in [0.5, 0.6) is 0 Å². The molecular formula is C12H10ClN3. The normalized spacial score (nSPS) is 18.4. The summed E-state index contributed by atoms with van der Waals surface area (Å²) in [6, 6.07) is 6.03. The fourth-order valence-corrected chi connectivity index (χ4v) is 2.40. The van der Waals surface area contributed by atoms with Gasteiger partial charge in [-0.25, -0.2) is 9.97 Å². The van der Waals surface area contributed by atoms with E-state index in [1.54, 1.807) is 6.20 Å². The first-order chi connectivity index (χ1) is 7.84. The van der Waals surface area contributed by atoms with E-state index in [4.69, 9.17) is 11.6 Å². The molecule has 1 aliphatic carbocycles. The molecular weight excluding hydrogens is 222 g/mol. The van der Waals surface area contributed by atoms with E-state index in [1.807, 2.05) is 18.3 Å². The van der Waals surface area contributed by atoms with Gasteiger partial charge in [0.15, 0.2) is 0 Å². The Kier molecular flexibility index (Phi) is 2.33. The number of pyridine rings is 1. The zero-order valence-electron chi connectivity index (χ0n) is 8.60. The van der Waals surface area contributed by atoms with Crippen LogP contribution in [-0.4, -0.2) is 15.0 Å². The Morgan fingerprint density at radius 2 is 2.12 bits per heavy atom. The van der Waals surface area contributed by atoms with Crippen LogP contribution in [0.3, 0.4) is 0 Å². The van der Waals surface area contributed by atoms with Gasteiger partial charge in [-0.2, -0.15) is 0 Å². The summed E-state index contributed by atoms with van der Waals surface area (Å²) in [5.41, 5.74) is 3.43. The number of aromatic nitrogens is 3. The highest BCUT2D eigenvalue weighted by atomic mass is 35.5. The molecule has 2 aromatic heterocycles. The molecule has 0 aromatic carbocycles. The molecule has 1 aliphatic rings. The van der Waals surface area contributed by atoms with E-state index in [0.29, 0.717) is 5.28 Å². The largest absolute Gasteiger partial charge is 0.260 e. The van der Waals surface area contributed by atoms with Gasteiger partial charge < -0.3 is 0 Å². The molecule has 0 amide bonds. The first-order valence-corrected chi connectivity index (χ1v) is 5.64. The minimum absolute atomic E-state index is 0.275. The molecule has 0 fully saturated rings. The number of halogens is 1. The zero-order chi connectivity index (χ0) is 11.0. The summed E-state index contributed by atoms with van der Waals surface area (Å²) in [4.78, 5) is 12.6. The third kappa shape index (κ3) is 1.57. The topological polar surface area (TPSA) is 38.7 Å². The Hall–Kier alpha value is -1.48. The molecule has 2 heterocycles. The van der Waals surface area contributed by atoms with Crippen molar-refractivity contribution < 1.29 is 0 Å². The van der Waals surface area contributed by atoms with E-state index in [0.717, 1.165) is 24.2 Å². The second kappa shape index (κ2) is 3.83. The van der Waals surface area contributed by atoms with Crippen LogP contribution in [0, 0.1) is 0 Å². The molecule has 0 saturated carbocycles. The summed E-state index contributed by atoms with van der Waals surface area (Å²) in [5.74, 6) is 0.275. The van der Waals surface area contributed by atoms with E-state index < -0.39 is 0 Å². The quantitative estimate of drug-likeness (QED) is 0.709. The molecule has 80 valence electrons. The molecule has 1 unspecified atom stereocenters. The lowest BCUT2D eigenvalue weighted by Crippen LogP contribution is -2.02. The Balaban J connectivity index is 2.05. The molecule has 0 radical (unpaired) electrons. The van der Waals surface area contributed by atoms with Crippen molar-refractivity contribution in [3.8, 4) is 0 Å². The lowest BCUT2D eigenvalue weighted by atomic mass is 10.0. The minimum Gasteiger partial charge on any atom is -0.260 e. The van der Waals surface area contributed by atoms with Gasteiger partial charge in [0.1, 0.15) is 0 Å². The fraction of sp³-hybridized carbons (Fsp3) is 0.250. The van der Waals surface area contributed by atoms with Crippen LogP contribution < -0.4 is 0 Å². The summed E-state index contributed by atoms with van der Waals surface area (Å²) in [7, 11) is 0. The summed E-state index contributed by atoms with van der Waals surface area (Å²) >= 11 is 5.81. The number of fused-ring (bicyclic) bond motifs is 1. The number of nitrogens with zero attached hydrogens (tertiary/aromatic N) is 3. The maximum atomic E-state index is 5.81. The Bertz CT molecular complexity index is 527. The predicted molar refractivity (Wildman–Crippen MR) is 61.4 cm³/mol. The second-order valence-corrected chi connectivity index (χ2v) is 4.23.